The van der Waals surface area contributed by atoms with Crippen molar-refractivity contribution in [1.82, 2.24) is 10.2 Å². The van der Waals surface area contributed by atoms with Gasteiger partial charge in [0.25, 0.3) is 5.91 Å². The van der Waals surface area contributed by atoms with Gasteiger partial charge in [-0.3, -0.25) is 14.5 Å². The SMILES string of the molecule is O=C(CN1C(=O)CNC1=O)Nc1cccc(Br)c1. The van der Waals surface area contributed by atoms with E-state index in [0.29, 0.717) is 5.69 Å². The van der Waals surface area contributed by atoms with Gasteiger partial charge in [0, 0.05) is 10.2 Å². The highest BCUT2D eigenvalue weighted by atomic mass is 79.9. The molecule has 0 radical (unpaired) electrons. The number of benzene rings is 1. The molecule has 1 aromatic carbocycles. The van der Waals surface area contributed by atoms with Gasteiger partial charge in [-0.1, -0.05) is 22.0 Å². The van der Waals surface area contributed by atoms with E-state index in [4.69, 9.17) is 0 Å². The Morgan fingerprint density at radius 1 is 1.44 bits per heavy atom. The summed E-state index contributed by atoms with van der Waals surface area (Å²) in [6.07, 6.45) is 0. The van der Waals surface area contributed by atoms with Crippen molar-refractivity contribution in [2.24, 2.45) is 0 Å². The van der Waals surface area contributed by atoms with Gasteiger partial charge in [0.2, 0.25) is 5.91 Å². The molecule has 1 saturated heterocycles. The van der Waals surface area contributed by atoms with Crippen LogP contribution in [0.2, 0.25) is 0 Å². The third-order valence-corrected chi connectivity index (χ3v) is 2.84. The highest BCUT2D eigenvalue weighted by Gasteiger charge is 2.30. The molecule has 1 aromatic rings. The first-order valence-corrected chi connectivity index (χ1v) is 5.99. The van der Waals surface area contributed by atoms with Crippen LogP contribution in [0.15, 0.2) is 28.7 Å². The number of nitrogens with one attached hydrogen (secondary N) is 2. The molecule has 0 aliphatic carbocycles. The smallest absolute Gasteiger partial charge is 0.325 e. The van der Waals surface area contributed by atoms with E-state index in [2.05, 4.69) is 26.6 Å². The first-order chi connectivity index (χ1) is 8.56. The number of carbonyl (C=O) groups excluding carboxylic acids is 3. The van der Waals surface area contributed by atoms with Gasteiger partial charge in [0.1, 0.15) is 6.54 Å². The monoisotopic (exact) mass is 311 g/mol. The van der Waals surface area contributed by atoms with E-state index in [9.17, 15) is 14.4 Å². The summed E-state index contributed by atoms with van der Waals surface area (Å²) in [5.74, 6) is -0.817. The standard InChI is InChI=1S/C11H10BrN3O3/c12-7-2-1-3-8(4-7)14-9(16)6-15-10(17)5-13-11(15)18/h1-4H,5-6H2,(H,13,18)(H,14,16). The van der Waals surface area contributed by atoms with Gasteiger partial charge < -0.3 is 10.6 Å². The fourth-order valence-electron chi connectivity index (χ4n) is 1.53. The molecular weight excluding hydrogens is 302 g/mol. The van der Waals surface area contributed by atoms with Gasteiger partial charge in [-0.2, -0.15) is 0 Å². The molecule has 18 heavy (non-hydrogen) atoms. The van der Waals surface area contributed by atoms with Gasteiger partial charge in [0.05, 0.1) is 6.54 Å². The predicted octanol–water partition coefficient (Wildman–Crippen LogP) is 0.939. The Bertz CT molecular complexity index is 502. The summed E-state index contributed by atoms with van der Waals surface area (Å²) in [7, 11) is 0. The van der Waals surface area contributed by atoms with Crippen molar-refractivity contribution in [3.05, 3.63) is 28.7 Å². The number of imide groups is 1. The first-order valence-electron chi connectivity index (χ1n) is 5.20. The highest BCUT2D eigenvalue weighted by Crippen LogP contribution is 2.15. The number of nitrogens with zero attached hydrogens (tertiary/aromatic N) is 1. The summed E-state index contributed by atoms with van der Waals surface area (Å²) in [6.45, 7) is -0.333. The van der Waals surface area contributed by atoms with E-state index in [1.165, 1.54) is 0 Å². The van der Waals surface area contributed by atoms with Gasteiger partial charge in [-0.05, 0) is 18.2 Å². The van der Waals surface area contributed by atoms with Crippen LogP contribution in [0, 0.1) is 0 Å². The molecule has 6 nitrogen and oxygen atoms in total. The van der Waals surface area contributed by atoms with Gasteiger partial charge in [-0.15, -0.1) is 0 Å². The maximum atomic E-state index is 11.7. The fourth-order valence-corrected chi connectivity index (χ4v) is 1.92. The van der Waals surface area contributed by atoms with E-state index < -0.39 is 17.8 Å². The van der Waals surface area contributed by atoms with Gasteiger partial charge in [-0.25, -0.2) is 4.79 Å². The predicted molar refractivity (Wildman–Crippen MR) is 67.9 cm³/mol. The molecule has 0 aromatic heterocycles. The van der Waals surface area contributed by atoms with Crippen LogP contribution in [-0.2, 0) is 9.59 Å². The van der Waals surface area contributed by atoms with E-state index in [0.717, 1.165) is 9.37 Å². The summed E-state index contributed by atoms with van der Waals surface area (Å²) in [4.78, 5) is 35.1. The number of hydrogen-bond acceptors (Lipinski definition) is 3. The zero-order valence-electron chi connectivity index (χ0n) is 9.27. The molecule has 94 valence electrons. The Labute approximate surface area is 111 Å². The summed E-state index contributed by atoms with van der Waals surface area (Å²) in [5.41, 5.74) is 0.599. The van der Waals surface area contributed by atoms with Gasteiger partial charge in [0.15, 0.2) is 0 Å². The maximum absolute atomic E-state index is 11.7. The largest absolute Gasteiger partial charge is 0.329 e. The highest BCUT2D eigenvalue weighted by molar-refractivity contribution is 9.10. The summed E-state index contributed by atoms with van der Waals surface area (Å²) >= 11 is 3.28. The second kappa shape index (κ2) is 5.18. The lowest BCUT2D eigenvalue weighted by Crippen LogP contribution is -2.38. The molecule has 2 rings (SSSR count). The first kappa shape index (κ1) is 12.6. The quantitative estimate of drug-likeness (QED) is 0.815. The van der Waals surface area contributed by atoms with Crippen molar-refractivity contribution >= 4 is 39.5 Å². The van der Waals surface area contributed by atoms with Crippen LogP contribution < -0.4 is 10.6 Å². The van der Waals surface area contributed by atoms with Crippen LogP contribution in [0.4, 0.5) is 10.5 Å². The van der Waals surface area contributed by atoms with Crippen LogP contribution in [0.1, 0.15) is 0 Å². The normalized spacial score (nSPS) is 14.6. The minimum Gasteiger partial charge on any atom is -0.329 e. The molecule has 0 atom stereocenters. The maximum Gasteiger partial charge on any atom is 0.325 e. The topological polar surface area (TPSA) is 78.5 Å². The molecule has 0 saturated carbocycles. The van der Waals surface area contributed by atoms with Crippen LogP contribution in [0.5, 0.6) is 0 Å². The number of carbonyl (C=O) groups is 3. The zero-order chi connectivity index (χ0) is 13.1. The Kier molecular flexibility index (Phi) is 3.61. The van der Waals surface area contributed by atoms with E-state index in [1.54, 1.807) is 18.2 Å². The van der Waals surface area contributed by atoms with Crippen LogP contribution >= 0.6 is 15.9 Å². The van der Waals surface area contributed by atoms with E-state index in [1.807, 2.05) is 6.07 Å². The Morgan fingerprint density at radius 3 is 2.83 bits per heavy atom. The number of rotatable bonds is 3. The van der Waals surface area contributed by atoms with Crippen molar-refractivity contribution in [3.63, 3.8) is 0 Å². The lowest BCUT2D eigenvalue weighted by atomic mass is 10.3. The van der Waals surface area contributed by atoms with Crippen LogP contribution in [0.25, 0.3) is 0 Å². The summed E-state index contributed by atoms with van der Waals surface area (Å²) < 4.78 is 0.829. The molecule has 0 unspecified atom stereocenters. The molecule has 2 N–H and O–H groups in total. The van der Waals surface area contributed by atoms with Crippen molar-refractivity contribution in [2.75, 3.05) is 18.4 Å². The molecule has 1 heterocycles. The third kappa shape index (κ3) is 2.86. The summed E-state index contributed by atoms with van der Waals surface area (Å²) in [5, 5.41) is 4.96. The number of anilines is 1. The molecule has 7 heteroatoms. The minimum absolute atomic E-state index is 0.0526. The Hall–Kier alpha value is -1.89. The van der Waals surface area contributed by atoms with Crippen molar-refractivity contribution in [2.45, 2.75) is 0 Å². The molecule has 1 aliphatic heterocycles. The average molecular weight is 312 g/mol. The Morgan fingerprint density at radius 2 is 2.22 bits per heavy atom. The molecule has 1 fully saturated rings. The molecule has 0 spiro atoms. The second-order valence-corrected chi connectivity index (χ2v) is 4.61. The average Bonchev–Trinajstić information content (AvgIpc) is 2.61. The van der Waals surface area contributed by atoms with Crippen LogP contribution in [-0.4, -0.2) is 35.8 Å². The van der Waals surface area contributed by atoms with Crippen molar-refractivity contribution in [3.8, 4) is 0 Å². The lowest BCUT2D eigenvalue weighted by molar-refractivity contribution is -0.128. The third-order valence-electron chi connectivity index (χ3n) is 2.35. The van der Waals surface area contributed by atoms with Crippen molar-refractivity contribution < 1.29 is 14.4 Å². The fraction of sp³-hybridized carbons (Fsp3) is 0.182. The molecular formula is C11H10BrN3O3. The minimum atomic E-state index is -0.538. The van der Waals surface area contributed by atoms with E-state index in [-0.39, 0.29) is 13.1 Å². The number of urea groups is 1. The van der Waals surface area contributed by atoms with E-state index >= 15 is 0 Å². The number of hydrogen-bond donors (Lipinski definition) is 2. The molecule has 0 bridgehead atoms. The zero-order valence-corrected chi connectivity index (χ0v) is 10.9. The second-order valence-electron chi connectivity index (χ2n) is 3.70. The molecule has 4 amide bonds. The van der Waals surface area contributed by atoms with Crippen LogP contribution in [0.3, 0.4) is 0 Å². The summed E-state index contributed by atoms with van der Waals surface area (Å²) in [6, 6.07) is 6.50. The number of amides is 4. The molecule has 1 aliphatic rings. The number of halogens is 1. The van der Waals surface area contributed by atoms with Crippen molar-refractivity contribution in [1.29, 1.82) is 0 Å². The lowest BCUT2D eigenvalue weighted by Gasteiger charge is -2.12. The Balaban J connectivity index is 1.97. The van der Waals surface area contributed by atoms with Gasteiger partial charge >= 0.3 is 6.03 Å².